The molecule has 2 aromatic carbocycles. The highest BCUT2D eigenvalue weighted by atomic mass is 35.5. The molecule has 0 aliphatic heterocycles. The lowest BCUT2D eigenvalue weighted by Crippen LogP contribution is -2.16. The van der Waals surface area contributed by atoms with Crippen molar-refractivity contribution in [3.05, 3.63) is 81.2 Å². The van der Waals surface area contributed by atoms with E-state index in [1.54, 1.807) is 30.5 Å². The summed E-state index contributed by atoms with van der Waals surface area (Å²) in [5.74, 6) is -0.543. The quantitative estimate of drug-likeness (QED) is 0.120. The molecular formula is C21H13Cl2N5O5. The van der Waals surface area contributed by atoms with E-state index in [4.69, 9.17) is 27.9 Å². The van der Waals surface area contributed by atoms with E-state index >= 15 is 0 Å². The smallest absolute Gasteiger partial charge is 0.453 e. The minimum Gasteiger partial charge on any atom is -0.453 e. The lowest BCUT2D eigenvalue weighted by molar-refractivity contribution is -0.134. The molecule has 0 fully saturated rings. The van der Waals surface area contributed by atoms with Crippen LogP contribution in [-0.2, 0) is 9.53 Å². The number of nitrogens with zero attached hydrogens (tertiary/aromatic N) is 5. The van der Waals surface area contributed by atoms with E-state index in [9.17, 15) is 19.6 Å². The molecule has 1 amide bonds. The maximum Gasteiger partial charge on any atom is 0.461 e. The van der Waals surface area contributed by atoms with Gasteiger partial charge < -0.3 is 9.47 Å². The van der Waals surface area contributed by atoms with E-state index in [2.05, 4.69) is 15.1 Å². The van der Waals surface area contributed by atoms with E-state index < -0.39 is 12.1 Å². The van der Waals surface area contributed by atoms with Gasteiger partial charge in [-0.25, -0.2) is 4.79 Å². The molecule has 0 N–H and O–H groups in total. The Balaban J connectivity index is 1.87. The first-order valence-corrected chi connectivity index (χ1v) is 9.83. The van der Waals surface area contributed by atoms with Gasteiger partial charge in [-0.1, -0.05) is 46.5 Å². The van der Waals surface area contributed by atoms with Crippen molar-refractivity contribution in [3.63, 3.8) is 0 Å². The Kier molecular flexibility index (Phi) is 7.40. The number of halogens is 2. The third-order valence-electron chi connectivity index (χ3n) is 3.91. The zero-order valence-electron chi connectivity index (χ0n) is 16.8. The molecule has 0 saturated carbocycles. The third-order valence-corrected chi connectivity index (χ3v) is 4.47. The van der Waals surface area contributed by atoms with Gasteiger partial charge >= 0.3 is 12.1 Å². The fraction of sp³-hybridized carbons (Fsp3) is 0.0476. The monoisotopic (exact) mass is 485 g/mol. The molecule has 3 rings (SSSR count). The van der Waals surface area contributed by atoms with Crippen LogP contribution in [0.5, 0.6) is 11.5 Å². The molecule has 0 bridgehead atoms. The summed E-state index contributed by atoms with van der Waals surface area (Å²) >= 11 is 12.6. The van der Waals surface area contributed by atoms with E-state index in [0.29, 0.717) is 10.7 Å². The van der Waals surface area contributed by atoms with Crippen molar-refractivity contribution in [3.8, 4) is 23.4 Å². The van der Waals surface area contributed by atoms with Gasteiger partial charge in [0.1, 0.15) is 5.75 Å². The first kappa shape index (κ1) is 23.5. The summed E-state index contributed by atoms with van der Waals surface area (Å²) in [6.07, 6.45) is 1.85. The second-order valence-corrected chi connectivity index (χ2v) is 7.02. The van der Waals surface area contributed by atoms with Crippen LogP contribution < -0.4 is 15.3 Å². The summed E-state index contributed by atoms with van der Waals surface area (Å²) in [5.41, 5.74) is 0.437. The van der Waals surface area contributed by atoms with Crippen LogP contribution in [0.25, 0.3) is 5.69 Å². The lowest BCUT2D eigenvalue weighted by atomic mass is 10.3. The van der Waals surface area contributed by atoms with Crippen LogP contribution in [0.2, 0.25) is 10.0 Å². The Labute approximate surface area is 196 Å². The Hall–Kier alpha value is -4.20. The minimum atomic E-state index is -1.30. The molecule has 0 aliphatic rings. The number of hydrogen-bond donors (Lipinski definition) is 0. The number of carbonyl (C=O) groups is 2. The number of aromatic nitrogens is 1. The molecule has 1 heterocycles. The maximum absolute atomic E-state index is 12.2. The standard InChI is InChI=1S/C21H13Cl2N5O5/c1-13(29)32-21(31)25-26-28(12-24)15-9-17(22)20(18(23)10-15)33-16-7-8-19(30)27(11-16)14-5-3-2-4-6-14/h2-11H,1H3. The van der Waals surface area contributed by atoms with Gasteiger partial charge in [-0.05, 0) is 35.6 Å². The van der Waals surface area contributed by atoms with Crippen molar-refractivity contribution in [1.29, 1.82) is 5.26 Å². The van der Waals surface area contributed by atoms with Gasteiger partial charge in [0.05, 0.1) is 21.9 Å². The average Bonchev–Trinajstić information content (AvgIpc) is 2.78. The van der Waals surface area contributed by atoms with E-state index in [-0.39, 0.29) is 32.8 Å². The van der Waals surface area contributed by atoms with E-state index in [0.717, 1.165) is 6.92 Å². The van der Waals surface area contributed by atoms with Crippen molar-refractivity contribution >= 4 is 41.0 Å². The first-order chi connectivity index (χ1) is 15.8. The van der Waals surface area contributed by atoms with Crippen LogP contribution in [-0.4, -0.2) is 16.6 Å². The van der Waals surface area contributed by atoms with Crippen LogP contribution in [0, 0.1) is 11.5 Å². The number of amides is 1. The molecule has 10 nitrogen and oxygen atoms in total. The van der Waals surface area contributed by atoms with E-state index in [1.807, 2.05) is 6.07 Å². The van der Waals surface area contributed by atoms with Crippen molar-refractivity contribution in [1.82, 2.24) is 4.57 Å². The lowest BCUT2D eigenvalue weighted by Gasteiger charge is -2.14. The molecule has 1 aromatic heterocycles. The van der Waals surface area contributed by atoms with Crippen molar-refractivity contribution < 1.29 is 19.1 Å². The summed E-state index contributed by atoms with van der Waals surface area (Å²) in [6.45, 7) is 1.01. The van der Waals surface area contributed by atoms with Crippen molar-refractivity contribution in [2.75, 3.05) is 5.01 Å². The largest absolute Gasteiger partial charge is 0.461 e. The molecule has 0 radical (unpaired) electrons. The number of nitriles is 1. The molecule has 0 atom stereocenters. The number of benzene rings is 2. The Morgan fingerprint density at radius 2 is 1.76 bits per heavy atom. The Bertz CT molecular complexity index is 1310. The number of para-hydroxylation sites is 1. The number of rotatable bonds is 5. The third kappa shape index (κ3) is 5.94. The number of esters is 1. The fourth-order valence-electron chi connectivity index (χ4n) is 2.56. The van der Waals surface area contributed by atoms with Crippen LogP contribution in [0.15, 0.2) is 75.9 Å². The average molecular weight is 486 g/mol. The van der Waals surface area contributed by atoms with Gasteiger partial charge in [0.15, 0.2) is 5.75 Å². The normalized spacial score (nSPS) is 10.5. The zero-order valence-corrected chi connectivity index (χ0v) is 18.3. The molecule has 0 spiro atoms. The van der Waals surface area contributed by atoms with Crippen molar-refractivity contribution in [2.45, 2.75) is 6.92 Å². The molecule has 0 unspecified atom stereocenters. The second kappa shape index (κ2) is 10.4. The van der Waals surface area contributed by atoms with Gasteiger partial charge in [0.2, 0.25) is 6.19 Å². The topological polar surface area (TPSA) is 126 Å². The molecule has 0 aliphatic carbocycles. The number of pyridine rings is 1. The molecule has 3 aromatic rings. The summed E-state index contributed by atoms with van der Waals surface area (Å²) < 4.78 is 11.4. The molecule has 0 saturated heterocycles. The number of ether oxygens (including phenoxy) is 2. The summed E-state index contributed by atoms with van der Waals surface area (Å²) in [4.78, 5) is 34.3. The van der Waals surface area contributed by atoms with Crippen LogP contribution in [0.4, 0.5) is 10.5 Å². The number of carbonyl (C=O) groups excluding carboxylic acids is 2. The van der Waals surface area contributed by atoms with Gasteiger partial charge in [-0.3, -0.25) is 14.2 Å². The highest BCUT2D eigenvalue weighted by Gasteiger charge is 2.16. The second-order valence-electron chi connectivity index (χ2n) is 6.21. The predicted molar refractivity (Wildman–Crippen MR) is 119 cm³/mol. The molecule has 33 heavy (non-hydrogen) atoms. The maximum atomic E-state index is 12.2. The van der Waals surface area contributed by atoms with Crippen molar-refractivity contribution in [2.24, 2.45) is 10.3 Å². The number of hydrogen-bond acceptors (Lipinski definition) is 7. The minimum absolute atomic E-state index is 0.0109. The SMILES string of the molecule is CC(=O)OC(=O)N=NN(C#N)c1cc(Cl)c(Oc2ccc(=O)n(-c3ccccc3)c2)c(Cl)c1. The van der Waals surface area contributed by atoms with Crippen LogP contribution in [0.3, 0.4) is 0 Å². The van der Waals surface area contributed by atoms with Gasteiger partial charge in [0, 0.05) is 18.7 Å². The van der Waals surface area contributed by atoms with Crippen LogP contribution in [0.1, 0.15) is 6.92 Å². The Morgan fingerprint density at radius 3 is 2.36 bits per heavy atom. The first-order valence-electron chi connectivity index (χ1n) is 9.07. The predicted octanol–water partition coefficient (Wildman–Crippen LogP) is 5.27. The summed E-state index contributed by atoms with van der Waals surface area (Å²) in [6, 6.07) is 14.3. The van der Waals surface area contributed by atoms with Gasteiger partial charge in [-0.15, -0.1) is 5.01 Å². The molecular weight excluding hydrogens is 473 g/mol. The fourth-order valence-corrected chi connectivity index (χ4v) is 3.11. The van der Waals surface area contributed by atoms with E-state index in [1.165, 1.54) is 35.0 Å². The van der Waals surface area contributed by atoms with Gasteiger partial charge in [0.25, 0.3) is 5.56 Å². The highest BCUT2D eigenvalue weighted by molar-refractivity contribution is 6.37. The zero-order chi connectivity index (χ0) is 24.0. The molecule has 166 valence electrons. The molecule has 12 heteroatoms. The number of anilines is 1. The van der Waals surface area contributed by atoms with Crippen LogP contribution >= 0.6 is 23.2 Å². The summed E-state index contributed by atoms with van der Waals surface area (Å²) in [5, 5.41) is 16.4. The summed E-state index contributed by atoms with van der Waals surface area (Å²) in [7, 11) is 0. The highest BCUT2D eigenvalue weighted by Crippen LogP contribution is 2.39. The van der Waals surface area contributed by atoms with Gasteiger partial charge in [-0.2, -0.15) is 5.26 Å². The Morgan fingerprint density at radius 1 is 1.09 bits per heavy atom.